The molecule has 0 bridgehead atoms. The molecule has 1 atom stereocenters. The van der Waals surface area contributed by atoms with Crippen LogP contribution in [0.25, 0.3) is 0 Å². The number of rotatable bonds is 8. The molecule has 0 saturated heterocycles. The van der Waals surface area contributed by atoms with Gasteiger partial charge in [0.2, 0.25) is 12.7 Å². The molecule has 0 fully saturated rings. The van der Waals surface area contributed by atoms with Crippen LogP contribution in [0, 0.1) is 0 Å². The van der Waals surface area contributed by atoms with Crippen molar-refractivity contribution >= 4 is 11.7 Å². The Morgan fingerprint density at radius 3 is 2.70 bits per heavy atom. The number of nitrogens with zero attached hydrogens (tertiary/aromatic N) is 1. The zero-order valence-electron chi connectivity index (χ0n) is 13.7. The maximum atomic E-state index is 12.6. The van der Waals surface area contributed by atoms with E-state index in [0.717, 1.165) is 19.3 Å². The minimum atomic E-state index is -0.516. The van der Waals surface area contributed by atoms with Gasteiger partial charge in [-0.25, -0.2) is 0 Å². The molecule has 1 heterocycles. The number of amides is 1. The normalized spacial score (nSPS) is 13.7. The van der Waals surface area contributed by atoms with Gasteiger partial charge in [0.25, 0.3) is 0 Å². The van der Waals surface area contributed by atoms with E-state index in [1.54, 1.807) is 32.2 Å². The van der Waals surface area contributed by atoms with E-state index in [1.807, 2.05) is 0 Å². The highest BCUT2D eigenvalue weighted by atomic mass is 16.7. The first-order valence-corrected chi connectivity index (χ1v) is 7.94. The van der Waals surface area contributed by atoms with Gasteiger partial charge in [-0.3, -0.25) is 9.59 Å². The molecule has 6 nitrogen and oxygen atoms in total. The molecule has 6 heteroatoms. The Labute approximate surface area is 136 Å². The van der Waals surface area contributed by atoms with Gasteiger partial charge in [0.05, 0.1) is 6.04 Å². The molecule has 1 unspecified atom stereocenters. The number of carbonyl (C=O) groups is 2. The number of benzene rings is 1. The summed E-state index contributed by atoms with van der Waals surface area (Å²) in [5.41, 5.74) is 5.96. The average molecular weight is 320 g/mol. The van der Waals surface area contributed by atoms with Crippen molar-refractivity contribution in [3.63, 3.8) is 0 Å². The van der Waals surface area contributed by atoms with Crippen LogP contribution >= 0.6 is 0 Å². The van der Waals surface area contributed by atoms with Crippen molar-refractivity contribution in [3.8, 4) is 11.5 Å². The summed E-state index contributed by atoms with van der Waals surface area (Å²) in [6, 6.07) is 4.57. The fraction of sp³-hybridized carbons (Fsp3) is 0.529. The number of fused-ring (bicyclic) bond motifs is 1. The van der Waals surface area contributed by atoms with Gasteiger partial charge in [-0.2, -0.15) is 0 Å². The summed E-state index contributed by atoms with van der Waals surface area (Å²) < 4.78 is 10.5. The number of ketones is 1. The van der Waals surface area contributed by atoms with Gasteiger partial charge < -0.3 is 20.1 Å². The number of unbranched alkanes of at least 4 members (excludes halogenated alkanes) is 2. The van der Waals surface area contributed by atoms with Crippen molar-refractivity contribution in [1.29, 1.82) is 0 Å². The highest BCUT2D eigenvalue weighted by molar-refractivity contribution is 6.02. The van der Waals surface area contributed by atoms with Gasteiger partial charge in [0.15, 0.2) is 17.3 Å². The summed E-state index contributed by atoms with van der Waals surface area (Å²) in [5, 5.41) is 0. The number of carbonyl (C=O) groups excluding carboxylic acids is 2. The third-order valence-electron chi connectivity index (χ3n) is 4.11. The van der Waals surface area contributed by atoms with Crippen LogP contribution in [-0.4, -0.2) is 43.0 Å². The van der Waals surface area contributed by atoms with Crippen molar-refractivity contribution < 1.29 is 19.1 Å². The lowest BCUT2D eigenvalue weighted by Crippen LogP contribution is -2.40. The minimum Gasteiger partial charge on any atom is -0.454 e. The number of ether oxygens (including phenoxy) is 2. The highest BCUT2D eigenvalue weighted by Gasteiger charge is 2.25. The number of hydrogen-bond donors (Lipinski definition) is 1. The molecule has 1 amide bonds. The second-order valence-corrected chi connectivity index (χ2v) is 5.71. The molecule has 0 aliphatic carbocycles. The Kier molecular flexibility index (Phi) is 5.98. The molecule has 1 aromatic carbocycles. The van der Waals surface area contributed by atoms with Gasteiger partial charge in [0, 0.05) is 19.0 Å². The lowest BCUT2D eigenvalue weighted by Gasteiger charge is -2.24. The predicted molar refractivity (Wildman–Crippen MR) is 86.6 cm³/mol. The van der Waals surface area contributed by atoms with Gasteiger partial charge in [-0.15, -0.1) is 0 Å². The summed E-state index contributed by atoms with van der Waals surface area (Å²) in [6.45, 7) is 2.55. The molecule has 2 rings (SSSR count). The zero-order valence-corrected chi connectivity index (χ0v) is 13.7. The fourth-order valence-corrected chi connectivity index (χ4v) is 2.46. The standard InChI is InChI=1S/C17H24N2O4/c1-12(19(2)16(20)6-4-3-5-9-18)17(21)13-7-8-14-15(10-13)23-11-22-14/h7-8,10,12H,3-6,9,11,18H2,1-2H3. The molecule has 1 aliphatic rings. The van der Waals surface area contributed by atoms with Gasteiger partial charge >= 0.3 is 0 Å². The first kappa shape index (κ1) is 17.3. The predicted octanol–water partition coefficient (Wildman–Crippen LogP) is 1.96. The SMILES string of the molecule is CC(C(=O)c1ccc2c(c1)OCO2)N(C)C(=O)CCCCCN. The summed E-state index contributed by atoms with van der Waals surface area (Å²) in [6.07, 6.45) is 3.09. The van der Waals surface area contributed by atoms with Crippen LogP contribution in [0.4, 0.5) is 0 Å². The van der Waals surface area contributed by atoms with Gasteiger partial charge in [-0.05, 0) is 44.5 Å². The van der Waals surface area contributed by atoms with Crippen molar-refractivity contribution in [2.45, 2.75) is 38.6 Å². The van der Waals surface area contributed by atoms with E-state index in [2.05, 4.69) is 0 Å². The first-order valence-electron chi connectivity index (χ1n) is 7.94. The number of likely N-dealkylation sites (N-methyl/N-ethyl adjacent to an activating group) is 1. The molecular weight excluding hydrogens is 296 g/mol. The van der Waals surface area contributed by atoms with E-state index < -0.39 is 6.04 Å². The summed E-state index contributed by atoms with van der Waals surface area (Å²) in [4.78, 5) is 26.2. The highest BCUT2D eigenvalue weighted by Crippen LogP contribution is 2.33. The molecule has 1 aliphatic heterocycles. The topological polar surface area (TPSA) is 81.9 Å². The minimum absolute atomic E-state index is 0.0244. The van der Waals surface area contributed by atoms with E-state index >= 15 is 0 Å². The summed E-state index contributed by atoms with van der Waals surface area (Å²) in [5.74, 6) is 1.07. The molecule has 1 aromatic rings. The fourth-order valence-electron chi connectivity index (χ4n) is 2.46. The Morgan fingerprint density at radius 1 is 1.22 bits per heavy atom. The average Bonchev–Trinajstić information content (AvgIpc) is 3.04. The molecule has 0 aromatic heterocycles. The molecule has 2 N–H and O–H groups in total. The third kappa shape index (κ3) is 4.22. The van der Waals surface area contributed by atoms with Crippen LogP contribution in [0.2, 0.25) is 0 Å². The summed E-state index contributed by atoms with van der Waals surface area (Å²) >= 11 is 0. The van der Waals surface area contributed by atoms with Crippen molar-refractivity contribution in [2.75, 3.05) is 20.4 Å². The van der Waals surface area contributed by atoms with Crippen LogP contribution < -0.4 is 15.2 Å². The molecule has 23 heavy (non-hydrogen) atoms. The van der Waals surface area contributed by atoms with Crippen LogP contribution in [0.5, 0.6) is 11.5 Å². The number of Topliss-reactive ketones (excluding diaryl/α,β-unsaturated/α-hetero) is 1. The lowest BCUT2D eigenvalue weighted by molar-refractivity contribution is -0.131. The largest absolute Gasteiger partial charge is 0.454 e. The van der Waals surface area contributed by atoms with Gasteiger partial charge in [0.1, 0.15) is 0 Å². The van der Waals surface area contributed by atoms with Crippen LogP contribution in [0.1, 0.15) is 43.0 Å². The zero-order chi connectivity index (χ0) is 16.8. The third-order valence-corrected chi connectivity index (χ3v) is 4.11. The Bertz CT molecular complexity index is 574. The van der Waals surface area contributed by atoms with E-state index in [1.165, 1.54) is 4.90 Å². The molecular formula is C17H24N2O4. The van der Waals surface area contributed by atoms with Crippen molar-refractivity contribution in [1.82, 2.24) is 4.90 Å². The Balaban J connectivity index is 1.94. The van der Waals surface area contributed by atoms with Crippen molar-refractivity contribution in [2.24, 2.45) is 5.73 Å². The van der Waals surface area contributed by atoms with E-state index in [-0.39, 0.29) is 18.5 Å². The molecule has 0 spiro atoms. The molecule has 0 saturated carbocycles. The number of hydrogen-bond acceptors (Lipinski definition) is 5. The van der Waals surface area contributed by atoms with E-state index in [9.17, 15) is 9.59 Å². The van der Waals surface area contributed by atoms with Crippen LogP contribution in [0.3, 0.4) is 0 Å². The second kappa shape index (κ2) is 7.97. The maximum Gasteiger partial charge on any atom is 0.231 e. The second-order valence-electron chi connectivity index (χ2n) is 5.71. The van der Waals surface area contributed by atoms with E-state index in [4.69, 9.17) is 15.2 Å². The molecule has 0 radical (unpaired) electrons. The summed E-state index contributed by atoms with van der Waals surface area (Å²) in [7, 11) is 1.67. The number of nitrogens with two attached hydrogens (primary N) is 1. The first-order chi connectivity index (χ1) is 11.0. The smallest absolute Gasteiger partial charge is 0.231 e. The quantitative estimate of drug-likeness (QED) is 0.585. The van der Waals surface area contributed by atoms with Crippen LogP contribution in [0.15, 0.2) is 18.2 Å². The lowest BCUT2D eigenvalue weighted by atomic mass is 10.0. The maximum absolute atomic E-state index is 12.6. The van der Waals surface area contributed by atoms with Crippen LogP contribution in [-0.2, 0) is 4.79 Å². The monoisotopic (exact) mass is 320 g/mol. The van der Waals surface area contributed by atoms with Gasteiger partial charge in [-0.1, -0.05) is 6.42 Å². The van der Waals surface area contributed by atoms with Crippen molar-refractivity contribution in [3.05, 3.63) is 23.8 Å². The van der Waals surface area contributed by atoms with E-state index in [0.29, 0.717) is 30.0 Å². The Hall–Kier alpha value is -2.08. The molecule has 126 valence electrons. The Morgan fingerprint density at radius 2 is 1.96 bits per heavy atom.